The molecule has 164 valence electrons. The van der Waals surface area contributed by atoms with Crippen molar-refractivity contribution < 1.29 is 75.1 Å². The summed E-state index contributed by atoms with van der Waals surface area (Å²) < 4.78 is 137. The number of hydrogen-bond donors (Lipinski definition) is 0. The quantitative estimate of drug-likeness (QED) is 0.320. The Kier molecular flexibility index (Phi) is 7.94. The fourth-order valence-electron chi connectivity index (χ4n) is 1.60. The maximum atomic E-state index is 12.2. The van der Waals surface area contributed by atoms with Gasteiger partial charge in [-0.2, -0.15) is 39.5 Å². The van der Waals surface area contributed by atoms with Crippen molar-refractivity contribution >= 4 is 10.1 Å². The molecule has 0 spiro atoms. The van der Waals surface area contributed by atoms with Crippen LogP contribution in [0.2, 0.25) is 0 Å². The molecule has 28 heavy (non-hydrogen) atoms. The van der Waals surface area contributed by atoms with Gasteiger partial charge in [0.1, 0.15) is 0 Å². The molecular weight excluding hydrogens is 546 g/mol. The highest BCUT2D eigenvalue weighted by Crippen LogP contribution is 2.54. The summed E-state index contributed by atoms with van der Waals surface area (Å²) >= 11 is 2.09. The van der Waals surface area contributed by atoms with Gasteiger partial charge in [0.15, 0.2) is 13.7 Å². The van der Waals surface area contributed by atoms with Crippen LogP contribution in [-0.2, 0) is 15.5 Å². The minimum absolute atomic E-state index is 0.286. The van der Waals surface area contributed by atoms with Crippen LogP contribution >= 0.6 is 0 Å². The van der Waals surface area contributed by atoms with E-state index in [1.165, 1.54) is 9.13 Å². The lowest BCUT2D eigenvalue weighted by Gasteiger charge is -2.34. The lowest BCUT2D eigenvalue weighted by Crippen LogP contribution is -3.34. The van der Waals surface area contributed by atoms with E-state index in [1.807, 2.05) is 0 Å². The van der Waals surface area contributed by atoms with Crippen molar-refractivity contribution in [1.82, 2.24) is 0 Å². The first kappa shape index (κ1) is 27.2. The second kappa shape index (κ2) is 8.16. The third-order valence-electron chi connectivity index (χ3n) is 3.12. The standard InChI is InChI=1S/C10H14I.C4HF9O3S/c1-10(2,3)8-6-4-5-7-9(8)11;5-1(6,3(9,10)11)2(7,8)4(12,13)17(14,15)16/h4-7,11H,1-3H3;(H,14,15,16)/q+1;/p-1. The van der Waals surface area contributed by atoms with Gasteiger partial charge in [0, 0.05) is 5.56 Å². The maximum absolute atomic E-state index is 12.2. The molecule has 0 bridgehead atoms. The molecule has 0 aliphatic carbocycles. The summed E-state index contributed by atoms with van der Waals surface area (Å²) in [6.07, 6.45) is -7.16. The predicted molar refractivity (Wildman–Crippen MR) is 75.8 cm³/mol. The van der Waals surface area contributed by atoms with Crippen LogP contribution in [-0.4, -0.2) is 36.2 Å². The maximum Gasteiger partial charge on any atom is 0.460 e. The van der Waals surface area contributed by atoms with Crippen molar-refractivity contribution in [2.45, 2.75) is 49.5 Å². The van der Waals surface area contributed by atoms with Crippen molar-refractivity contribution in [1.29, 1.82) is 0 Å². The van der Waals surface area contributed by atoms with Gasteiger partial charge in [0.2, 0.25) is 0 Å². The fourth-order valence-corrected chi connectivity index (χ4v) is 3.34. The smallest absolute Gasteiger partial charge is 0.460 e. The van der Waals surface area contributed by atoms with Crippen molar-refractivity contribution in [2.24, 2.45) is 0 Å². The average Bonchev–Trinajstić information content (AvgIpc) is 2.44. The number of halogens is 10. The lowest BCUT2D eigenvalue weighted by molar-refractivity contribution is -0.382. The summed E-state index contributed by atoms with van der Waals surface area (Å²) in [6, 6.07) is 8.57. The molecule has 0 saturated carbocycles. The number of alkyl halides is 9. The Balaban J connectivity index is 0.000000567. The topological polar surface area (TPSA) is 57.2 Å². The van der Waals surface area contributed by atoms with Gasteiger partial charge in [-0.15, -0.1) is 0 Å². The normalized spacial score (nSPS) is 14.4. The van der Waals surface area contributed by atoms with E-state index in [-0.39, 0.29) is 5.41 Å². The van der Waals surface area contributed by atoms with Gasteiger partial charge in [-0.25, -0.2) is 8.42 Å². The lowest BCUT2D eigenvalue weighted by atomic mass is 9.87. The minimum Gasteiger partial charge on any atom is -0.743 e. The van der Waals surface area contributed by atoms with Crippen LogP contribution < -0.4 is 22.6 Å². The predicted octanol–water partition coefficient (Wildman–Crippen LogP) is 1.40. The third-order valence-corrected chi connectivity index (χ3v) is 5.03. The van der Waals surface area contributed by atoms with Crippen LogP contribution in [0.25, 0.3) is 0 Å². The van der Waals surface area contributed by atoms with Crippen LogP contribution in [0.15, 0.2) is 24.3 Å². The number of benzene rings is 1. The van der Waals surface area contributed by atoms with E-state index in [0.29, 0.717) is 0 Å². The van der Waals surface area contributed by atoms with E-state index in [4.69, 9.17) is 0 Å². The molecule has 0 amide bonds. The van der Waals surface area contributed by atoms with Crippen LogP contribution in [0.1, 0.15) is 26.3 Å². The van der Waals surface area contributed by atoms with E-state index in [9.17, 15) is 52.5 Å². The number of rotatable bonds is 3. The molecule has 0 atom stereocenters. The Morgan fingerprint density at radius 3 is 1.46 bits per heavy atom. The van der Waals surface area contributed by atoms with Crippen LogP contribution in [0.3, 0.4) is 0 Å². The monoisotopic (exact) mass is 560 g/mol. The molecule has 0 radical (unpaired) electrons. The highest BCUT2D eigenvalue weighted by Gasteiger charge is 2.83. The van der Waals surface area contributed by atoms with Gasteiger partial charge in [-0.05, 0) is 11.5 Å². The molecule has 0 aromatic heterocycles. The second-order valence-electron chi connectivity index (χ2n) is 6.36. The summed E-state index contributed by atoms with van der Waals surface area (Å²) in [5.41, 5.74) is 1.73. The summed E-state index contributed by atoms with van der Waals surface area (Å²) in [4.78, 5) is 0. The molecule has 0 unspecified atom stereocenters. The van der Waals surface area contributed by atoms with E-state index in [0.717, 1.165) is 0 Å². The molecule has 1 aromatic carbocycles. The zero-order chi connectivity index (χ0) is 23.0. The molecule has 0 aliphatic heterocycles. The zero-order valence-corrected chi connectivity index (χ0v) is 17.4. The van der Waals surface area contributed by atoms with Gasteiger partial charge in [0.05, 0.1) is 0 Å². The van der Waals surface area contributed by atoms with Gasteiger partial charge in [-0.1, -0.05) is 39.0 Å². The first-order valence-corrected chi connectivity index (χ1v) is 9.51. The third kappa shape index (κ3) is 5.43. The second-order valence-corrected chi connectivity index (χ2v) is 9.04. The van der Waals surface area contributed by atoms with E-state index >= 15 is 0 Å². The summed E-state index contributed by atoms with van der Waals surface area (Å²) in [5.74, 6) is -14.8. The Morgan fingerprint density at radius 1 is 0.821 bits per heavy atom. The molecule has 0 saturated heterocycles. The highest BCUT2D eigenvalue weighted by molar-refractivity contribution is 7.86. The molecule has 0 fully saturated rings. The molecule has 1 aromatic rings. The summed E-state index contributed by atoms with van der Waals surface area (Å²) in [5, 5.41) is -7.11. The Morgan fingerprint density at radius 2 is 1.21 bits per heavy atom. The Labute approximate surface area is 168 Å². The van der Waals surface area contributed by atoms with E-state index in [1.54, 1.807) is 0 Å². The summed E-state index contributed by atoms with van der Waals surface area (Å²) in [6.45, 7) is 6.74. The molecular formula is C14H14F9IO3S. The zero-order valence-electron chi connectivity index (χ0n) is 14.3. The summed E-state index contributed by atoms with van der Waals surface area (Å²) in [7, 11) is -7.42. The van der Waals surface area contributed by atoms with Crippen molar-refractivity contribution in [2.75, 3.05) is 0 Å². The first-order valence-electron chi connectivity index (χ1n) is 6.94. The van der Waals surface area contributed by atoms with Crippen molar-refractivity contribution in [3.8, 4) is 0 Å². The average molecular weight is 560 g/mol. The van der Waals surface area contributed by atoms with Gasteiger partial charge in [0.25, 0.3) is 22.6 Å². The SMILES string of the molecule is CC(C)(C)c1ccccc1[IH+].O=S(=O)([O-])C(F)(F)C(F)(F)C(F)(F)C(F)(F)F. The van der Waals surface area contributed by atoms with E-state index in [2.05, 4.69) is 67.6 Å². The van der Waals surface area contributed by atoms with Crippen molar-refractivity contribution in [3.63, 3.8) is 0 Å². The highest BCUT2D eigenvalue weighted by atomic mass is 127. The van der Waals surface area contributed by atoms with Gasteiger partial charge in [-0.3, -0.25) is 0 Å². The Bertz CT molecular complexity index is 784. The fraction of sp³-hybridized carbons (Fsp3) is 0.571. The molecule has 1 rings (SSSR count). The van der Waals surface area contributed by atoms with Crippen LogP contribution in [0, 0.1) is 3.57 Å². The van der Waals surface area contributed by atoms with Crippen LogP contribution in [0.4, 0.5) is 39.5 Å². The van der Waals surface area contributed by atoms with Crippen molar-refractivity contribution in [3.05, 3.63) is 33.4 Å². The molecule has 0 heterocycles. The van der Waals surface area contributed by atoms with Crippen LogP contribution in [0.5, 0.6) is 0 Å². The number of hydrogen-bond acceptors (Lipinski definition) is 3. The molecule has 0 aliphatic rings. The minimum atomic E-state index is -7.43. The van der Waals surface area contributed by atoms with Gasteiger partial charge >= 0.3 is 23.3 Å². The Hall–Kier alpha value is -0.770. The van der Waals surface area contributed by atoms with E-state index < -0.39 is 33.4 Å². The first-order chi connectivity index (χ1) is 12.0. The molecule has 14 heteroatoms. The molecule has 3 nitrogen and oxygen atoms in total. The van der Waals surface area contributed by atoms with Gasteiger partial charge < -0.3 is 4.55 Å². The molecule has 0 N–H and O–H groups in total. The largest absolute Gasteiger partial charge is 0.743 e.